The summed E-state index contributed by atoms with van der Waals surface area (Å²) in [6, 6.07) is 0.444. The van der Waals surface area contributed by atoms with Crippen molar-refractivity contribution in [1.29, 1.82) is 0 Å². The number of carbonyl (C=O) groups excluding carboxylic acids is 1. The molecule has 3 nitrogen and oxygen atoms in total. The van der Waals surface area contributed by atoms with Crippen molar-refractivity contribution in [2.45, 2.75) is 70.8 Å². The lowest BCUT2D eigenvalue weighted by molar-refractivity contribution is -0.145. The van der Waals surface area contributed by atoms with Gasteiger partial charge in [0.15, 0.2) is 0 Å². The van der Waals surface area contributed by atoms with Gasteiger partial charge in [0.1, 0.15) is 0 Å². The highest BCUT2D eigenvalue weighted by Gasteiger charge is 2.31. The second kappa shape index (κ2) is 7.88. The Kier molecular flexibility index (Phi) is 6.15. The molecule has 1 aliphatic heterocycles. The van der Waals surface area contributed by atoms with Gasteiger partial charge >= 0.3 is 5.97 Å². The summed E-state index contributed by atoms with van der Waals surface area (Å²) in [4.78, 5) is 14.5. The van der Waals surface area contributed by atoms with Crippen LogP contribution in [0.1, 0.15) is 64.7 Å². The van der Waals surface area contributed by atoms with Crippen LogP contribution in [-0.2, 0) is 9.53 Å². The van der Waals surface area contributed by atoms with Crippen LogP contribution in [0.25, 0.3) is 0 Å². The maximum atomic E-state index is 11.9. The quantitative estimate of drug-likeness (QED) is 0.715. The average Bonchev–Trinajstić information content (AvgIpc) is 2.47. The van der Waals surface area contributed by atoms with Gasteiger partial charge in [-0.15, -0.1) is 0 Å². The SMILES string of the molecule is CCOC(=O)CC(C1CCCCC1)N1CCCCC1. The Labute approximate surface area is 117 Å². The van der Waals surface area contributed by atoms with Crippen LogP contribution in [0.2, 0.25) is 0 Å². The second-order valence-electron chi connectivity index (χ2n) is 6.07. The summed E-state index contributed by atoms with van der Waals surface area (Å²) in [5.41, 5.74) is 0. The zero-order valence-electron chi connectivity index (χ0n) is 12.4. The van der Waals surface area contributed by atoms with Gasteiger partial charge in [0, 0.05) is 6.04 Å². The van der Waals surface area contributed by atoms with E-state index in [0.717, 1.165) is 5.92 Å². The van der Waals surface area contributed by atoms with Gasteiger partial charge in [0.2, 0.25) is 0 Å². The molecule has 1 saturated carbocycles. The largest absolute Gasteiger partial charge is 0.466 e. The number of nitrogens with zero attached hydrogens (tertiary/aromatic N) is 1. The summed E-state index contributed by atoms with van der Waals surface area (Å²) in [5.74, 6) is 0.722. The van der Waals surface area contributed by atoms with Crippen LogP contribution < -0.4 is 0 Å². The zero-order chi connectivity index (χ0) is 13.5. The molecule has 110 valence electrons. The number of likely N-dealkylation sites (tertiary alicyclic amines) is 1. The van der Waals surface area contributed by atoms with Gasteiger partial charge < -0.3 is 4.74 Å². The van der Waals surface area contributed by atoms with E-state index in [1.54, 1.807) is 0 Å². The van der Waals surface area contributed by atoms with E-state index < -0.39 is 0 Å². The Hall–Kier alpha value is -0.570. The van der Waals surface area contributed by atoms with E-state index in [1.165, 1.54) is 64.5 Å². The topological polar surface area (TPSA) is 29.5 Å². The van der Waals surface area contributed by atoms with Gasteiger partial charge in [-0.05, 0) is 51.6 Å². The predicted molar refractivity (Wildman–Crippen MR) is 77.0 cm³/mol. The van der Waals surface area contributed by atoms with Crippen molar-refractivity contribution in [1.82, 2.24) is 4.90 Å². The van der Waals surface area contributed by atoms with E-state index in [-0.39, 0.29) is 5.97 Å². The Bertz CT molecular complexity index is 250. The highest BCUT2D eigenvalue weighted by atomic mass is 16.5. The minimum atomic E-state index is 0.00338. The molecule has 2 fully saturated rings. The molecule has 0 aromatic carbocycles. The summed E-state index contributed by atoms with van der Waals surface area (Å²) < 4.78 is 5.19. The molecule has 0 spiro atoms. The lowest BCUT2D eigenvalue weighted by Gasteiger charge is -2.40. The Morgan fingerprint density at radius 2 is 1.74 bits per heavy atom. The highest BCUT2D eigenvalue weighted by molar-refractivity contribution is 5.70. The predicted octanol–water partition coefficient (Wildman–Crippen LogP) is 3.37. The van der Waals surface area contributed by atoms with Crippen LogP contribution in [0.5, 0.6) is 0 Å². The number of hydrogen-bond donors (Lipinski definition) is 0. The maximum absolute atomic E-state index is 11.9. The normalized spacial score (nSPS) is 24.1. The average molecular weight is 267 g/mol. The summed E-state index contributed by atoms with van der Waals surface area (Å²) in [6.45, 7) is 4.77. The molecule has 1 heterocycles. The van der Waals surface area contributed by atoms with E-state index >= 15 is 0 Å². The summed E-state index contributed by atoms with van der Waals surface area (Å²) in [5, 5.41) is 0. The summed E-state index contributed by atoms with van der Waals surface area (Å²) in [6.07, 6.45) is 11.2. The minimum Gasteiger partial charge on any atom is -0.466 e. The van der Waals surface area contributed by atoms with E-state index in [9.17, 15) is 4.79 Å². The van der Waals surface area contributed by atoms with E-state index in [1.807, 2.05) is 6.92 Å². The third-order valence-electron chi connectivity index (χ3n) is 4.73. The van der Waals surface area contributed by atoms with Crippen LogP contribution in [0.15, 0.2) is 0 Å². The Balaban J connectivity index is 1.96. The van der Waals surface area contributed by atoms with Crippen molar-refractivity contribution in [2.75, 3.05) is 19.7 Å². The number of esters is 1. The van der Waals surface area contributed by atoms with Gasteiger partial charge in [0.25, 0.3) is 0 Å². The van der Waals surface area contributed by atoms with Crippen LogP contribution in [0.4, 0.5) is 0 Å². The molecule has 19 heavy (non-hydrogen) atoms. The van der Waals surface area contributed by atoms with E-state index in [0.29, 0.717) is 19.1 Å². The molecule has 0 radical (unpaired) electrons. The molecule has 0 N–H and O–H groups in total. The molecule has 1 saturated heterocycles. The number of rotatable bonds is 5. The second-order valence-corrected chi connectivity index (χ2v) is 6.07. The summed E-state index contributed by atoms with van der Waals surface area (Å²) in [7, 11) is 0. The molecule has 2 rings (SSSR count). The van der Waals surface area contributed by atoms with Crippen LogP contribution >= 0.6 is 0 Å². The van der Waals surface area contributed by atoms with Crippen LogP contribution in [-0.4, -0.2) is 36.6 Å². The monoisotopic (exact) mass is 267 g/mol. The van der Waals surface area contributed by atoms with Crippen molar-refractivity contribution in [3.05, 3.63) is 0 Å². The van der Waals surface area contributed by atoms with Crippen LogP contribution in [0, 0.1) is 5.92 Å². The highest BCUT2D eigenvalue weighted by Crippen LogP contribution is 2.32. The van der Waals surface area contributed by atoms with Crippen molar-refractivity contribution >= 4 is 5.97 Å². The molecule has 0 aromatic rings. The molecule has 1 atom stereocenters. The van der Waals surface area contributed by atoms with E-state index in [2.05, 4.69) is 4.90 Å². The Morgan fingerprint density at radius 3 is 2.37 bits per heavy atom. The fourth-order valence-electron chi connectivity index (χ4n) is 3.75. The molecular formula is C16H29NO2. The smallest absolute Gasteiger partial charge is 0.307 e. The van der Waals surface area contributed by atoms with Crippen molar-refractivity contribution < 1.29 is 9.53 Å². The van der Waals surface area contributed by atoms with Crippen molar-refractivity contribution in [3.8, 4) is 0 Å². The Morgan fingerprint density at radius 1 is 1.11 bits per heavy atom. The fraction of sp³-hybridized carbons (Fsp3) is 0.938. The standard InChI is InChI=1S/C16H29NO2/c1-2-19-16(18)13-15(14-9-5-3-6-10-14)17-11-7-4-8-12-17/h14-15H,2-13H2,1H3. The van der Waals surface area contributed by atoms with Crippen LogP contribution in [0.3, 0.4) is 0 Å². The number of ether oxygens (including phenoxy) is 1. The lowest BCUT2D eigenvalue weighted by Crippen LogP contribution is -2.45. The van der Waals surface area contributed by atoms with Gasteiger partial charge in [-0.25, -0.2) is 0 Å². The van der Waals surface area contributed by atoms with Crippen molar-refractivity contribution in [3.63, 3.8) is 0 Å². The van der Waals surface area contributed by atoms with Gasteiger partial charge in [-0.1, -0.05) is 25.7 Å². The van der Waals surface area contributed by atoms with Gasteiger partial charge in [0.05, 0.1) is 13.0 Å². The first-order valence-electron chi connectivity index (χ1n) is 8.21. The third kappa shape index (κ3) is 4.48. The molecule has 0 bridgehead atoms. The first-order chi connectivity index (χ1) is 9.31. The minimum absolute atomic E-state index is 0.00338. The first-order valence-corrected chi connectivity index (χ1v) is 8.21. The lowest BCUT2D eigenvalue weighted by atomic mass is 9.81. The molecule has 1 aliphatic carbocycles. The molecule has 3 heteroatoms. The molecule has 0 aromatic heterocycles. The fourth-order valence-corrected chi connectivity index (χ4v) is 3.75. The number of carbonyl (C=O) groups is 1. The maximum Gasteiger partial charge on any atom is 0.307 e. The number of piperidine rings is 1. The molecule has 2 aliphatic rings. The molecular weight excluding hydrogens is 238 g/mol. The van der Waals surface area contributed by atoms with Gasteiger partial charge in [-0.2, -0.15) is 0 Å². The number of hydrogen-bond acceptors (Lipinski definition) is 3. The van der Waals surface area contributed by atoms with Gasteiger partial charge in [-0.3, -0.25) is 9.69 Å². The van der Waals surface area contributed by atoms with E-state index in [4.69, 9.17) is 4.74 Å². The third-order valence-corrected chi connectivity index (χ3v) is 4.73. The molecule has 1 unspecified atom stereocenters. The summed E-state index contributed by atoms with van der Waals surface area (Å²) >= 11 is 0. The van der Waals surface area contributed by atoms with Crippen molar-refractivity contribution in [2.24, 2.45) is 5.92 Å². The first kappa shape index (κ1) is 14.8. The zero-order valence-corrected chi connectivity index (χ0v) is 12.4. The molecule has 0 amide bonds.